The molecule has 0 saturated heterocycles. The van der Waals surface area contributed by atoms with Crippen molar-refractivity contribution in [3.8, 4) is 5.75 Å². The summed E-state index contributed by atoms with van der Waals surface area (Å²) >= 11 is 6.20. The Kier molecular flexibility index (Phi) is 5.53. The Labute approximate surface area is 124 Å². The molecule has 0 heterocycles. The van der Waals surface area contributed by atoms with Crippen LogP contribution in [0.5, 0.6) is 5.75 Å². The van der Waals surface area contributed by atoms with Crippen molar-refractivity contribution in [2.45, 2.75) is 45.1 Å². The minimum absolute atomic E-state index is 0.215. The fourth-order valence-electron chi connectivity index (χ4n) is 2.27. The fraction of sp³-hybridized carbons (Fsp3) is 0.533. The van der Waals surface area contributed by atoms with Crippen molar-refractivity contribution in [2.24, 2.45) is 0 Å². The molecule has 2 amide bonds. The maximum absolute atomic E-state index is 11.5. The Hall–Kier alpha value is -1.42. The van der Waals surface area contributed by atoms with Gasteiger partial charge in [0, 0.05) is 12.2 Å². The second-order valence-electron chi connectivity index (χ2n) is 5.05. The topological polar surface area (TPSA) is 50.4 Å². The molecule has 1 saturated carbocycles. The van der Waals surface area contributed by atoms with Crippen LogP contribution in [0.2, 0.25) is 5.02 Å². The van der Waals surface area contributed by atoms with E-state index in [4.69, 9.17) is 16.3 Å². The van der Waals surface area contributed by atoms with Crippen LogP contribution in [0.25, 0.3) is 0 Å². The van der Waals surface area contributed by atoms with Crippen molar-refractivity contribution < 1.29 is 9.53 Å². The molecular weight excluding hydrogens is 276 g/mol. The highest BCUT2D eigenvalue weighted by atomic mass is 35.5. The van der Waals surface area contributed by atoms with Crippen LogP contribution in [-0.2, 0) is 0 Å². The Morgan fingerprint density at radius 3 is 2.80 bits per heavy atom. The van der Waals surface area contributed by atoms with Crippen molar-refractivity contribution in [2.75, 3.05) is 11.9 Å². The standard InChI is InChI=1S/C15H21ClN2O2/c1-2-9-17-15(19)18-11-7-8-14(13(16)10-11)20-12-5-3-4-6-12/h7-8,10,12H,2-6,9H2,1H3,(H2,17,18,19). The number of amides is 2. The first-order chi connectivity index (χ1) is 9.69. The highest BCUT2D eigenvalue weighted by Crippen LogP contribution is 2.31. The number of ether oxygens (including phenoxy) is 1. The summed E-state index contributed by atoms with van der Waals surface area (Å²) in [6, 6.07) is 5.13. The number of halogens is 1. The predicted molar refractivity (Wildman–Crippen MR) is 81.6 cm³/mol. The van der Waals surface area contributed by atoms with Crippen LogP contribution in [-0.4, -0.2) is 18.7 Å². The molecule has 1 aliphatic rings. The minimum atomic E-state index is -0.215. The Morgan fingerprint density at radius 1 is 1.40 bits per heavy atom. The van der Waals surface area contributed by atoms with Gasteiger partial charge in [0.1, 0.15) is 5.75 Å². The summed E-state index contributed by atoms with van der Waals surface area (Å²) in [4.78, 5) is 11.5. The van der Waals surface area contributed by atoms with E-state index < -0.39 is 0 Å². The molecule has 20 heavy (non-hydrogen) atoms. The van der Waals surface area contributed by atoms with Gasteiger partial charge in [0.2, 0.25) is 0 Å². The average molecular weight is 297 g/mol. The molecule has 1 aromatic carbocycles. The number of hydrogen-bond donors (Lipinski definition) is 2. The minimum Gasteiger partial charge on any atom is -0.489 e. The second kappa shape index (κ2) is 7.39. The summed E-state index contributed by atoms with van der Waals surface area (Å²) in [6.45, 7) is 2.66. The molecule has 2 rings (SSSR count). The van der Waals surface area contributed by atoms with Crippen molar-refractivity contribution in [3.63, 3.8) is 0 Å². The second-order valence-corrected chi connectivity index (χ2v) is 5.46. The molecule has 0 aromatic heterocycles. The molecular formula is C15H21ClN2O2. The van der Waals surface area contributed by atoms with E-state index in [2.05, 4.69) is 10.6 Å². The molecule has 0 unspecified atom stereocenters. The van der Waals surface area contributed by atoms with Gasteiger partial charge in [-0.2, -0.15) is 0 Å². The smallest absolute Gasteiger partial charge is 0.319 e. The molecule has 5 heteroatoms. The van der Waals surface area contributed by atoms with Crippen molar-refractivity contribution in [1.29, 1.82) is 0 Å². The summed E-state index contributed by atoms with van der Waals surface area (Å²) in [5.74, 6) is 0.693. The molecule has 4 nitrogen and oxygen atoms in total. The molecule has 0 aliphatic heterocycles. The van der Waals surface area contributed by atoms with Crippen molar-refractivity contribution >= 4 is 23.3 Å². The molecule has 0 spiro atoms. The summed E-state index contributed by atoms with van der Waals surface area (Å²) in [5, 5.41) is 6.03. The van der Waals surface area contributed by atoms with Gasteiger partial charge in [-0.15, -0.1) is 0 Å². The summed E-state index contributed by atoms with van der Waals surface area (Å²) < 4.78 is 5.87. The third-order valence-corrected chi connectivity index (χ3v) is 3.62. The van der Waals surface area contributed by atoms with E-state index >= 15 is 0 Å². The van der Waals surface area contributed by atoms with Gasteiger partial charge in [-0.25, -0.2) is 4.79 Å². The van der Waals surface area contributed by atoms with Crippen LogP contribution in [0, 0.1) is 0 Å². The molecule has 1 aromatic rings. The summed E-state index contributed by atoms with van der Waals surface area (Å²) in [6.07, 6.45) is 5.81. The number of rotatable bonds is 5. The van der Waals surface area contributed by atoms with Gasteiger partial charge in [-0.1, -0.05) is 18.5 Å². The normalized spacial score (nSPS) is 15.1. The lowest BCUT2D eigenvalue weighted by atomic mass is 10.2. The van der Waals surface area contributed by atoms with Crippen molar-refractivity contribution in [1.82, 2.24) is 5.32 Å². The van der Waals surface area contributed by atoms with E-state index in [0.717, 1.165) is 19.3 Å². The van der Waals surface area contributed by atoms with Crippen LogP contribution < -0.4 is 15.4 Å². The van der Waals surface area contributed by atoms with Gasteiger partial charge in [0.25, 0.3) is 0 Å². The fourth-order valence-corrected chi connectivity index (χ4v) is 2.50. The molecule has 1 fully saturated rings. The van der Waals surface area contributed by atoms with Crippen LogP contribution >= 0.6 is 11.6 Å². The van der Waals surface area contributed by atoms with Gasteiger partial charge in [-0.3, -0.25) is 0 Å². The van der Waals surface area contributed by atoms with Gasteiger partial charge in [-0.05, 0) is 50.3 Å². The van der Waals surface area contributed by atoms with Crippen LogP contribution in [0.1, 0.15) is 39.0 Å². The number of urea groups is 1. The third kappa shape index (κ3) is 4.30. The Bertz CT molecular complexity index is 459. The molecule has 0 radical (unpaired) electrons. The Morgan fingerprint density at radius 2 is 2.15 bits per heavy atom. The maximum atomic E-state index is 11.5. The molecule has 2 N–H and O–H groups in total. The van der Waals surface area contributed by atoms with Crippen LogP contribution in [0.15, 0.2) is 18.2 Å². The van der Waals surface area contributed by atoms with Gasteiger partial charge in [0.05, 0.1) is 11.1 Å². The highest BCUT2D eigenvalue weighted by molar-refractivity contribution is 6.32. The Balaban J connectivity index is 1.92. The molecule has 110 valence electrons. The maximum Gasteiger partial charge on any atom is 0.319 e. The first-order valence-electron chi connectivity index (χ1n) is 7.20. The number of nitrogens with one attached hydrogen (secondary N) is 2. The number of carbonyl (C=O) groups excluding carboxylic acids is 1. The molecule has 1 aliphatic carbocycles. The van der Waals surface area contributed by atoms with Gasteiger partial charge in [0.15, 0.2) is 0 Å². The first kappa shape index (κ1) is 15.0. The van der Waals surface area contributed by atoms with E-state index in [1.165, 1.54) is 12.8 Å². The summed E-state index contributed by atoms with van der Waals surface area (Å²) in [5.41, 5.74) is 0.669. The average Bonchev–Trinajstić information content (AvgIpc) is 2.92. The van der Waals surface area contributed by atoms with Gasteiger partial charge >= 0.3 is 6.03 Å². The van der Waals surface area contributed by atoms with E-state index in [1.54, 1.807) is 6.07 Å². The largest absolute Gasteiger partial charge is 0.489 e. The van der Waals surface area contributed by atoms with Gasteiger partial charge < -0.3 is 15.4 Å². The lowest BCUT2D eigenvalue weighted by Crippen LogP contribution is -2.29. The third-order valence-electron chi connectivity index (χ3n) is 3.32. The zero-order chi connectivity index (χ0) is 14.4. The lowest BCUT2D eigenvalue weighted by Gasteiger charge is -2.15. The number of anilines is 1. The first-order valence-corrected chi connectivity index (χ1v) is 7.58. The van der Waals surface area contributed by atoms with E-state index in [1.807, 2.05) is 19.1 Å². The number of hydrogen-bond acceptors (Lipinski definition) is 2. The van der Waals surface area contributed by atoms with E-state index in [0.29, 0.717) is 23.0 Å². The zero-order valence-corrected chi connectivity index (χ0v) is 12.5. The quantitative estimate of drug-likeness (QED) is 0.856. The summed E-state index contributed by atoms with van der Waals surface area (Å²) in [7, 11) is 0. The molecule has 0 atom stereocenters. The number of carbonyl (C=O) groups is 1. The molecule has 0 bridgehead atoms. The van der Waals surface area contributed by atoms with E-state index in [-0.39, 0.29) is 12.1 Å². The number of benzene rings is 1. The lowest BCUT2D eigenvalue weighted by molar-refractivity contribution is 0.210. The van der Waals surface area contributed by atoms with Crippen LogP contribution in [0.3, 0.4) is 0 Å². The zero-order valence-electron chi connectivity index (χ0n) is 11.7. The predicted octanol–water partition coefficient (Wildman–Crippen LogP) is 4.19. The monoisotopic (exact) mass is 296 g/mol. The highest BCUT2D eigenvalue weighted by Gasteiger charge is 2.17. The SMILES string of the molecule is CCCNC(=O)Nc1ccc(OC2CCCC2)c(Cl)c1. The van der Waals surface area contributed by atoms with Crippen molar-refractivity contribution in [3.05, 3.63) is 23.2 Å². The van der Waals surface area contributed by atoms with E-state index in [9.17, 15) is 4.79 Å². The van der Waals surface area contributed by atoms with Crippen LogP contribution in [0.4, 0.5) is 10.5 Å².